The Balaban J connectivity index is 1.24. The second-order valence-corrected chi connectivity index (χ2v) is 24.2. The molecular formula is C54H84O19. The minimum absolute atomic E-state index is 0.00369. The normalized spacial score (nSPS) is 46.7. The van der Waals surface area contributed by atoms with Crippen LogP contribution in [0.15, 0.2) is 23.3 Å². The Kier molecular flexibility index (Phi) is 16.6. The van der Waals surface area contributed by atoms with Gasteiger partial charge in [0.1, 0.15) is 48.8 Å². The predicted molar refractivity (Wildman–Crippen MR) is 258 cm³/mol. The van der Waals surface area contributed by atoms with Gasteiger partial charge in [0.15, 0.2) is 24.8 Å². The molecule has 6 fully saturated rings. The number of hydrogen-bond donors (Lipinski definition) is 7. The van der Waals surface area contributed by atoms with E-state index in [1.54, 1.807) is 26.8 Å². The zero-order valence-corrected chi connectivity index (χ0v) is 44.8. The predicted octanol–water partition coefficient (Wildman–Crippen LogP) is 3.18. The summed E-state index contributed by atoms with van der Waals surface area (Å²) in [5.41, 5.74) is -3.26. The number of methoxy groups -OCH3 is 1. The molecule has 0 amide bonds. The minimum atomic E-state index is -1.85. The molecule has 7 N–H and O–H groups in total. The molecule has 73 heavy (non-hydrogen) atoms. The monoisotopic (exact) mass is 1040 g/mol. The highest BCUT2D eigenvalue weighted by molar-refractivity contribution is 5.88. The average molecular weight is 1040 g/mol. The Morgan fingerprint density at radius 2 is 1.49 bits per heavy atom. The fraction of sp³-hybridized carbons (Fsp3) is 0.852. The topological polar surface area (TPSA) is 284 Å². The van der Waals surface area contributed by atoms with Crippen LogP contribution in [0.4, 0.5) is 0 Å². The summed E-state index contributed by atoms with van der Waals surface area (Å²) in [5, 5.41) is 77.7. The van der Waals surface area contributed by atoms with E-state index in [9.17, 15) is 54.9 Å². The Hall–Kier alpha value is -3.08. The van der Waals surface area contributed by atoms with E-state index in [-0.39, 0.29) is 24.9 Å². The molecule has 7 aliphatic rings. The van der Waals surface area contributed by atoms with E-state index in [0.717, 1.165) is 12.7 Å². The Morgan fingerprint density at radius 3 is 2.10 bits per heavy atom. The maximum atomic E-state index is 14.0. The number of allylic oxidation sites excluding steroid dienone is 3. The van der Waals surface area contributed by atoms with E-state index < -0.39 is 161 Å². The summed E-state index contributed by atoms with van der Waals surface area (Å²) in [6.07, 6.45) is -11.1. The molecule has 0 aromatic carbocycles. The van der Waals surface area contributed by atoms with Crippen LogP contribution in [-0.4, -0.2) is 166 Å². The molecule has 2 aliphatic heterocycles. The molecule has 0 bridgehead atoms. The molecule has 7 rings (SSSR count). The smallest absolute Gasteiger partial charge is 0.337 e. The molecule has 5 unspecified atom stereocenters. The fourth-order valence-corrected chi connectivity index (χ4v) is 15.2. The minimum Gasteiger partial charge on any atom is -0.467 e. The molecule has 5 aliphatic carbocycles. The molecule has 2 saturated heterocycles. The third-order valence-corrected chi connectivity index (χ3v) is 20.0. The van der Waals surface area contributed by atoms with Gasteiger partial charge in [0.05, 0.1) is 44.4 Å². The number of hydrogen-bond acceptors (Lipinski definition) is 19. The number of fused-ring (bicyclic) bond motifs is 7. The van der Waals surface area contributed by atoms with Gasteiger partial charge in [-0.2, -0.15) is 0 Å². The third kappa shape index (κ3) is 9.33. The van der Waals surface area contributed by atoms with Gasteiger partial charge in [-0.3, -0.25) is 9.59 Å². The molecular weight excluding hydrogens is 953 g/mol. The van der Waals surface area contributed by atoms with Gasteiger partial charge in [-0.15, -0.1) is 0 Å². The van der Waals surface area contributed by atoms with E-state index in [4.69, 9.17) is 37.9 Å². The summed E-state index contributed by atoms with van der Waals surface area (Å²) >= 11 is 0. The molecule has 19 heteroatoms. The van der Waals surface area contributed by atoms with E-state index >= 15 is 0 Å². The molecule has 2 heterocycles. The summed E-state index contributed by atoms with van der Waals surface area (Å²) < 4.78 is 48.1. The Labute approximate surface area is 429 Å². The number of carbonyl (C=O) groups is 4. The first kappa shape index (κ1) is 57.6. The van der Waals surface area contributed by atoms with Crippen molar-refractivity contribution in [3.8, 4) is 0 Å². The molecule has 4 saturated carbocycles. The van der Waals surface area contributed by atoms with E-state index in [0.29, 0.717) is 50.5 Å². The van der Waals surface area contributed by atoms with Gasteiger partial charge < -0.3 is 73.6 Å². The average Bonchev–Trinajstić information content (AvgIpc) is 3.34. The van der Waals surface area contributed by atoms with Crippen molar-refractivity contribution < 1.29 is 92.8 Å². The van der Waals surface area contributed by atoms with Crippen LogP contribution in [-0.2, 0) is 57.1 Å². The number of rotatable bonds is 13. The van der Waals surface area contributed by atoms with Crippen molar-refractivity contribution in [2.75, 3.05) is 26.9 Å². The van der Waals surface area contributed by atoms with Crippen molar-refractivity contribution in [1.82, 2.24) is 0 Å². The highest BCUT2D eigenvalue weighted by Gasteiger charge is 2.75. The number of aliphatic hydroxyl groups excluding tert-OH is 7. The van der Waals surface area contributed by atoms with Gasteiger partial charge in [0.2, 0.25) is 0 Å². The van der Waals surface area contributed by atoms with Crippen LogP contribution >= 0.6 is 0 Å². The lowest BCUT2D eigenvalue weighted by Gasteiger charge is -2.72. The summed E-state index contributed by atoms with van der Waals surface area (Å²) in [4.78, 5) is 54.1. The molecule has 0 spiro atoms. The quantitative estimate of drug-likeness (QED) is 0.0459. The largest absolute Gasteiger partial charge is 0.467 e. The highest BCUT2D eigenvalue weighted by Crippen LogP contribution is 2.76. The van der Waals surface area contributed by atoms with Crippen LogP contribution in [0.2, 0.25) is 0 Å². The van der Waals surface area contributed by atoms with Crippen LogP contribution in [0.25, 0.3) is 0 Å². The Morgan fingerprint density at radius 1 is 0.808 bits per heavy atom. The van der Waals surface area contributed by atoms with E-state index in [2.05, 4.69) is 26.8 Å². The SMILES string of the molecule is C/C=C(/C)C(=O)O[C@H]1[C@H](OC(=O)C(C)CC)[C@@]2(CO)C(CC1(C)C)C1=CCC3[C@@]4(C)CCC(O[C@@H]5O[C@H](C(=O)OC)[C@@H](O)[C@H](O[C@@H]6OC[C@H](O)[C@H](O)[C@H]6O)[C@H]5O)[C@@](C)(CO)C4CC[C@@]3(C)[C@]1(C)C[C@H]2OC(C)=O. The summed E-state index contributed by atoms with van der Waals surface area (Å²) in [5.74, 6) is -3.81. The summed E-state index contributed by atoms with van der Waals surface area (Å²) in [7, 11) is 1.10. The maximum Gasteiger partial charge on any atom is 0.337 e. The van der Waals surface area contributed by atoms with Gasteiger partial charge in [-0.25, -0.2) is 9.59 Å². The summed E-state index contributed by atoms with van der Waals surface area (Å²) in [6, 6.07) is 0. The second kappa shape index (κ2) is 21.0. The number of esters is 4. The molecule has 414 valence electrons. The fourth-order valence-electron chi connectivity index (χ4n) is 15.2. The van der Waals surface area contributed by atoms with Crippen molar-refractivity contribution in [1.29, 1.82) is 0 Å². The van der Waals surface area contributed by atoms with Crippen LogP contribution < -0.4 is 0 Å². The van der Waals surface area contributed by atoms with Crippen molar-refractivity contribution >= 4 is 23.9 Å². The van der Waals surface area contributed by atoms with Crippen LogP contribution in [0, 0.1) is 56.2 Å². The second-order valence-electron chi connectivity index (χ2n) is 24.2. The molecule has 0 aromatic heterocycles. The van der Waals surface area contributed by atoms with Crippen molar-refractivity contribution in [2.24, 2.45) is 56.2 Å². The van der Waals surface area contributed by atoms with Crippen LogP contribution in [0.5, 0.6) is 0 Å². The standard InChI is InChI=1S/C54H84O19/c1-13-26(3)44(63)72-42-43(73-45(64)27(4)14-2)54(25-56)30(21-49(42,6)7)29-15-16-33-50(8)19-18-34(51(9,24-55)32(50)17-20-52(33,10)53(29,11)22-35(54)68-28(5)57)69-48-39(62)40(38(61)41(71-48)46(65)66-12)70-47-37(60)36(59)31(58)23-67-47/h13,15,27,30-43,47-48,55-56,58-62H,14,16-25H2,1-12H3/b26-13-/t27?,30?,31-,32?,33?,34?,35+,36-,37+,38-,39+,40-,41-,42-,43-,47-,48+,50-,51-,52+,53+,54-/m0/s1. The molecule has 0 radical (unpaired) electrons. The third-order valence-electron chi connectivity index (χ3n) is 20.0. The van der Waals surface area contributed by atoms with Gasteiger partial charge in [-0.05, 0) is 99.2 Å². The van der Waals surface area contributed by atoms with E-state index in [1.165, 1.54) is 6.92 Å². The van der Waals surface area contributed by atoms with Crippen LogP contribution in [0.3, 0.4) is 0 Å². The van der Waals surface area contributed by atoms with E-state index in [1.807, 2.05) is 27.7 Å². The lowest BCUT2D eigenvalue weighted by atomic mass is 9.33. The molecule has 22 atom stereocenters. The highest BCUT2D eigenvalue weighted by atomic mass is 16.7. The van der Waals surface area contributed by atoms with Gasteiger partial charge in [-0.1, -0.05) is 73.1 Å². The van der Waals surface area contributed by atoms with Crippen LogP contribution in [0.1, 0.15) is 128 Å². The zero-order valence-electron chi connectivity index (χ0n) is 44.8. The molecule has 19 nitrogen and oxygen atoms in total. The first-order chi connectivity index (χ1) is 34.1. The van der Waals surface area contributed by atoms with Crippen molar-refractivity contribution in [2.45, 2.75) is 207 Å². The number of ether oxygens (including phenoxy) is 8. The lowest BCUT2D eigenvalue weighted by Crippen LogP contribution is -2.73. The zero-order chi connectivity index (χ0) is 54.1. The number of carbonyl (C=O) groups excluding carboxylic acids is 4. The first-order valence-corrected chi connectivity index (χ1v) is 26.3. The van der Waals surface area contributed by atoms with Gasteiger partial charge >= 0.3 is 23.9 Å². The van der Waals surface area contributed by atoms with Gasteiger partial charge in [0, 0.05) is 23.3 Å². The lowest BCUT2D eigenvalue weighted by molar-refractivity contribution is -0.358. The molecule has 0 aromatic rings. The first-order valence-electron chi connectivity index (χ1n) is 26.3. The van der Waals surface area contributed by atoms with Gasteiger partial charge in [0.25, 0.3) is 0 Å². The number of aliphatic hydroxyl groups is 7. The van der Waals surface area contributed by atoms with Crippen molar-refractivity contribution in [3.63, 3.8) is 0 Å². The van der Waals surface area contributed by atoms with Crippen molar-refractivity contribution in [3.05, 3.63) is 23.3 Å². The maximum absolute atomic E-state index is 14.0. The Bertz CT molecular complexity index is 2130. The summed E-state index contributed by atoms with van der Waals surface area (Å²) in [6.45, 7) is 19.8.